The number of nitrogens with zero attached hydrogens (tertiary/aromatic N) is 3. The predicted molar refractivity (Wildman–Crippen MR) is 68.5 cm³/mol. The molecule has 0 unspecified atom stereocenters. The van der Waals surface area contributed by atoms with Gasteiger partial charge < -0.3 is 14.7 Å². The standard InChI is InChI=1S/C13H18N4O3/c1-2-11-15-12(16-20-11)9-4-3-7-17(9)13(19)8-5-6-10(18)14-8/h8-9H,2-7H2,1H3,(H,14,18)/t8-,9-/m1/s1. The summed E-state index contributed by atoms with van der Waals surface area (Å²) in [7, 11) is 0. The minimum absolute atomic E-state index is 0.0267. The number of hydrogen-bond donors (Lipinski definition) is 1. The second kappa shape index (κ2) is 5.22. The van der Waals surface area contributed by atoms with E-state index in [0.29, 0.717) is 37.5 Å². The Kier molecular flexibility index (Phi) is 3.42. The highest BCUT2D eigenvalue weighted by molar-refractivity contribution is 5.91. The monoisotopic (exact) mass is 278 g/mol. The van der Waals surface area contributed by atoms with Crippen molar-refractivity contribution in [1.82, 2.24) is 20.4 Å². The van der Waals surface area contributed by atoms with Crippen LogP contribution in [0.2, 0.25) is 0 Å². The van der Waals surface area contributed by atoms with Gasteiger partial charge in [0, 0.05) is 19.4 Å². The first-order chi connectivity index (χ1) is 9.69. The zero-order valence-electron chi connectivity index (χ0n) is 11.5. The molecule has 3 heterocycles. The lowest BCUT2D eigenvalue weighted by Gasteiger charge is -2.25. The topological polar surface area (TPSA) is 88.3 Å². The number of aryl methyl sites for hydroxylation is 1. The Morgan fingerprint density at radius 1 is 1.50 bits per heavy atom. The van der Waals surface area contributed by atoms with Gasteiger partial charge in [-0.2, -0.15) is 4.98 Å². The van der Waals surface area contributed by atoms with Gasteiger partial charge in [-0.15, -0.1) is 0 Å². The van der Waals surface area contributed by atoms with Crippen LogP contribution in [0.15, 0.2) is 4.52 Å². The molecule has 1 aromatic rings. The molecule has 2 saturated heterocycles. The Labute approximate surface area is 116 Å². The van der Waals surface area contributed by atoms with Crippen molar-refractivity contribution in [2.75, 3.05) is 6.54 Å². The van der Waals surface area contributed by atoms with E-state index in [0.717, 1.165) is 12.8 Å². The van der Waals surface area contributed by atoms with E-state index in [1.54, 1.807) is 4.90 Å². The summed E-state index contributed by atoms with van der Waals surface area (Å²) >= 11 is 0. The summed E-state index contributed by atoms with van der Waals surface area (Å²) in [5.41, 5.74) is 0. The quantitative estimate of drug-likeness (QED) is 0.873. The van der Waals surface area contributed by atoms with Crippen LogP contribution in [-0.2, 0) is 16.0 Å². The average Bonchev–Trinajstić information content (AvgIpc) is 3.17. The summed E-state index contributed by atoms with van der Waals surface area (Å²) in [5.74, 6) is 1.10. The van der Waals surface area contributed by atoms with Crippen LogP contribution >= 0.6 is 0 Å². The number of aromatic nitrogens is 2. The fourth-order valence-corrected chi connectivity index (χ4v) is 2.85. The van der Waals surface area contributed by atoms with E-state index in [2.05, 4.69) is 15.5 Å². The van der Waals surface area contributed by atoms with Crippen LogP contribution in [0.4, 0.5) is 0 Å². The second-order valence-corrected chi connectivity index (χ2v) is 5.25. The lowest BCUT2D eigenvalue weighted by atomic mass is 10.1. The van der Waals surface area contributed by atoms with Crippen LogP contribution in [0.1, 0.15) is 50.4 Å². The predicted octanol–water partition coefficient (Wildman–Crippen LogP) is 0.574. The van der Waals surface area contributed by atoms with Crippen LogP contribution in [0, 0.1) is 0 Å². The van der Waals surface area contributed by atoms with Gasteiger partial charge in [-0.3, -0.25) is 9.59 Å². The van der Waals surface area contributed by atoms with Crippen LogP contribution in [0.5, 0.6) is 0 Å². The van der Waals surface area contributed by atoms with Gasteiger partial charge in [-0.05, 0) is 19.3 Å². The van der Waals surface area contributed by atoms with Crippen LogP contribution in [-0.4, -0.2) is 39.4 Å². The van der Waals surface area contributed by atoms with Gasteiger partial charge in [-0.25, -0.2) is 0 Å². The molecule has 20 heavy (non-hydrogen) atoms. The summed E-state index contributed by atoms with van der Waals surface area (Å²) in [6.45, 7) is 2.63. The molecule has 0 aliphatic carbocycles. The molecule has 2 atom stereocenters. The molecule has 7 nitrogen and oxygen atoms in total. The Balaban J connectivity index is 1.75. The minimum Gasteiger partial charge on any atom is -0.344 e. The molecule has 2 aliphatic rings. The summed E-state index contributed by atoms with van der Waals surface area (Å²) in [6.07, 6.45) is 3.46. The van der Waals surface area contributed by atoms with E-state index in [9.17, 15) is 9.59 Å². The Morgan fingerprint density at radius 3 is 3.00 bits per heavy atom. The van der Waals surface area contributed by atoms with Gasteiger partial charge >= 0.3 is 0 Å². The van der Waals surface area contributed by atoms with E-state index in [1.165, 1.54) is 0 Å². The summed E-state index contributed by atoms with van der Waals surface area (Å²) < 4.78 is 5.13. The van der Waals surface area contributed by atoms with Gasteiger partial charge in [-0.1, -0.05) is 12.1 Å². The fourth-order valence-electron chi connectivity index (χ4n) is 2.85. The summed E-state index contributed by atoms with van der Waals surface area (Å²) in [5, 5.41) is 6.70. The minimum atomic E-state index is -0.388. The first kappa shape index (κ1) is 13.1. The van der Waals surface area contributed by atoms with Crippen LogP contribution in [0.3, 0.4) is 0 Å². The molecule has 0 saturated carbocycles. The van der Waals surface area contributed by atoms with Gasteiger partial charge in [0.05, 0.1) is 6.04 Å². The molecular weight excluding hydrogens is 260 g/mol. The first-order valence-electron chi connectivity index (χ1n) is 7.11. The number of carbonyl (C=O) groups is 2. The highest BCUT2D eigenvalue weighted by Crippen LogP contribution is 2.31. The zero-order chi connectivity index (χ0) is 14.1. The molecule has 2 aliphatic heterocycles. The van der Waals surface area contributed by atoms with E-state index in [-0.39, 0.29) is 23.9 Å². The molecular formula is C13H18N4O3. The zero-order valence-corrected chi connectivity index (χ0v) is 11.5. The molecule has 0 spiro atoms. The molecule has 2 fully saturated rings. The number of amides is 2. The normalized spacial score (nSPS) is 26.1. The van der Waals surface area contributed by atoms with Crippen LogP contribution < -0.4 is 5.32 Å². The summed E-state index contributed by atoms with van der Waals surface area (Å²) in [4.78, 5) is 29.8. The molecule has 0 radical (unpaired) electrons. The lowest BCUT2D eigenvalue weighted by molar-refractivity contribution is -0.135. The molecule has 1 aromatic heterocycles. The van der Waals surface area contributed by atoms with E-state index < -0.39 is 0 Å². The average molecular weight is 278 g/mol. The number of hydrogen-bond acceptors (Lipinski definition) is 5. The Morgan fingerprint density at radius 2 is 2.35 bits per heavy atom. The maximum absolute atomic E-state index is 12.5. The van der Waals surface area contributed by atoms with E-state index in [4.69, 9.17) is 4.52 Å². The first-order valence-corrected chi connectivity index (χ1v) is 7.11. The maximum atomic E-state index is 12.5. The molecule has 108 valence electrons. The van der Waals surface area contributed by atoms with Crippen molar-refractivity contribution in [3.8, 4) is 0 Å². The number of rotatable bonds is 3. The third kappa shape index (κ3) is 2.28. The highest BCUT2D eigenvalue weighted by Gasteiger charge is 2.38. The van der Waals surface area contributed by atoms with E-state index >= 15 is 0 Å². The Hall–Kier alpha value is -1.92. The lowest BCUT2D eigenvalue weighted by Crippen LogP contribution is -2.44. The molecule has 7 heteroatoms. The molecule has 1 N–H and O–H groups in total. The van der Waals surface area contributed by atoms with Crippen molar-refractivity contribution in [2.45, 2.75) is 51.1 Å². The number of carbonyl (C=O) groups excluding carboxylic acids is 2. The van der Waals surface area contributed by atoms with Gasteiger partial charge in [0.15, 0.2) is 5.82 Å². The molecule has 0 aromatic carbocycles. The highest BCUT2D eigenvalue weighted by atomic mass is 16.5. The fraction of sp³-hybridized carbons (Fsp3) is 0.692. The van der Waals surface area contributed by atoms with Gasteiger partial charge in [0.1, 0.15) is 6.04 Å². The van der Waals surface area contributed by atoms with Crippen molar-refractivity contribution in [3.05, 3.63) is 11.7 Å². The van der Waals surface area contributed by atoms with Gasteiger partial charge in [0.25, 0.3) is 0 Å². The van der Waals surface area contributed by atoms with Crippen molar-refractivity contribution < 1.29 is 14.1 Å². The van der Waals surface area contributed by atoms with Crippen molar-refractivity contribution in [3.63, 3.8) is 0 Å². The molecule has 2 amide bonds. The third-order valence-electron chi connectivity index (χ3n) is 3.91. The van der Waals surface area contributed by atoms with Gasteiger partial charge in [0.2, 0.25) is 17.7 Å². The largest absolute Gasteiger partial charge is 0.344 e. The summed E-state index contributed by atoms with van der Waals surface area (Å²) in [6, 6.07) is -0.510. The molecule has 3 rings (SSSR count). The van der Waals surface area contributed by atoms with Crippen LogP contribution in [0.25, 0.3) is 0 Å². The molecule has 0 bridgehead atoms. The Bertz CT molecular complexity index is 527. The maximum Gasteiger partial charge on any atom is 0.245 e. The smallest absolute Gasteiger partial charge is 0.245 e. The number of likely N-dealkylation sites (tertiary alicyclic amines) is 1. The second-order valence-electron chi connectivity index (χ2n) is 5.25. The van der Waals surface area contributed by atoms with Crippen molar-refractivity contribution in [1.29, 1.82) is 0 Å². The third-order valence-corrected chi connectivity index (χ3v) is 3.91. The number of nitrogens with one attached hydrogen (secondary N) is 1. The van der Waals surface area contributed by atoms with Crippen molar-refractivity contribution in [2.24, 2.45) is 0 Å². The van der Waals surface area contributed by atoms with Crippen molar-refractivity contribution >= 4 is 11.8 Å². The SMILES string of the molecule is CCc1nc([C@H]2CCCN2C(=O)[C@H]2CCC(=O)N2)no1. The van der Waals surface area contributed by atoms with E-state index in [1.807, 2.05) is 6.92 Å².